The number of pyridine rings is 1. The molecule has 2 aromatic rings. The minimum Gasteiger partial charge on any atom is -0.487 e. The number of aliphatic hydroxyl groups is 1. The van der Waals surface area contributed by atoms with E-state index in [1.165, 1.54) is 0 Å². The van der Waals surface area contributed by atoms with E-state index >= 15 is 0 Å². The van der Waals surface area contributed by atoms with Gasteiger partial charge in [-0.2, -0.15) is 0 Å². The smallest absolute Gasteiger partial charge is 0.144 e. The van der Waals surface area contributed by atoms with E-state index in [9.17, 15) is 5.11 Å². The fraction of sp³-hybridized carbons (Fsp3) is 0.267. The fourth-order valence-corrected chi connectivity index (χ4v) is 1.85. The number of nitrogens with zero attached hydrogens (tertiary/aromatic N) is 1. The van der Waals surface area contributed by atoms with Crippen LogP contribution in [0.25, 0.3) is 0 Å². The first kappa shape index (κ1) is 12.6. The minimum absolute atomic E-state index is 0.0131. The summed E-state index contributed by atoms with van der Waals surface area (Å²) in [5, 5.41) is 9.22. The van der Waals surface area contributed by atoms with Crippen molar-refractivity contribution in [2.75, 3.05) is 0 Å². The summed E-state index contributed by atoms with van der Waals surface area (Å²) >= 11 is 0. The third kappa shape index (κ3) is 2.68. The SMILES string of the molecule is Cc1ncc(CO)c(C)c1OCc1ccccc1. The van der Waals surface area contributed by atoms with E-state index in [2.05, 4.69) is 4.98 Å². The Hall–Kier alpha value is -1.87. The van der Waals surface area contributed by atoms with Gasteiger partial charge in [-0.3, -0.25) is 4.98 Å². The van der Waals surface area contributed by atoms with Gasteiger partial charge in [-0.25, -0.2) is 0 Å². The lowest BCUT2D eigenvalue weighted by Gasteiger charge is -2.13. The molecule has 3 heteroatoms. The first-order chi connectivity index (χ1) is 8.72. The summed E-state index contributed by atoms with van der Waals surface area (Å²) in [5.74, 6) is 0.769. The van der Waals surface area contributed by atoms with E-state index < -0.39 is 0 Å². The first-order valence-corrected chi connectivity index (χ1v) is 5.95. The highest BCUT2D eigenvalue weighted by atomic mass is 16.5. The average Bonchev–Trinajstić information content (AvgIpc) is 2.40. The molecule has 0 saturated heterocycles. The standard InChI is InChI=1S/C15H17NO2/c1-11-14(9-17)8-16-12(2)15(11)18-10-13-6-4-3-5-7-13/h3-8,17H,9-10H2,1-2H3. The van der Waals surface area contributed by atoms with Crippen molar-refractivity contribution < 1.29 is 9.84 Å². The number of benzene rings is 1. The molecule has 0 saturated carbocycles. The number of aromatic nitrogens is 1. The van der Waals surface area contributed by atoms with Crippen molar-refractivity contribution in [1.82, 2.24) is 4.98 Å². The zero-order chi connectivity index (χ0) is 13.0. The van der Waals surface area contributed by atoms with Crippen molar-refractivity contribution in [3.05, 3.63) is 58.9 Å². The van der Waals surface area contributed by atoms with Gasteiger partial charge in [0, 0.05) is 11.8 Å². The molecule has 1 N–H and O–H groups in total. The fourth-order valence-electron chi connectivity index (χ4n) is 1.85. The van der Waals surface area contributed by atoms with Crippen LogP contribution in [-0.4, -0.2) is 10.1 Å². The molecule has 2 rings (SSSR count). The maximum Gasteiger partial charge on any atom is 0.144 e. The van der Waals surface area contributed by atoms with Crippen molar-refractivity contribution >= 4 is 0 Å². The lowest BCUT2D eigenvalue weighted by molar-refractivity contribution is 0.274. The van der Waals surface area contributed by atoms with E-state index in [1.807, 2.05) is 44.2 Å². The van der Waals surface area contributed by atoms with Gasteiger partial charge in [0.1, 0.15) is 12.4 Å². The third-order valence-corrected chi connectivity index (χ3v) is 2.96. The maximum absolute atomic E-state index is 9.22. The van der Waals surface area contributed by atoms with Gasteiger partial charge < -0.3 is 9.84 Å². The van der Waals surface area contributed by atoms with Gasteiger partial charge in [-0.05, 0) is 25.0 Å². The molecule has 0 aliphatic heterocycles. The van der Waals surface area contributed by atoms with Gasteiger partial charge in [-0.15, -0.1) is 0 Å². The molecule has 0 fully saturated rings. The van der Waals surface area contributed by atoms with Gasteiger partial charge in [0.2, 0.25) is 0 Å². The van der Waals surface area contributed by atoms with E-state index in [1.54, 1.807) is 6.20 Å². The molecule has 1 heterocycles. The second kappa shape index (κ2) is 5.65. The molecule has 0 amide bonds. The maximum atomic E-state index is 9.22. The van der Waals surface area contributed by atoms with Gasteiger partial charge in [0.25, 0.3) is 0 Å². The Morgan fingerprint density at radius 2 is 1.89 bits per heavy atom. The van der Waals surface area contributed by atoms with Gasteiger partial charge in [0.15, 0.2) is 0 Å². The van der Waals surface area contributed by atoms with Crippen LogP contribution in [-0.2, 0) is 13.2 Å². The van der Waals surface area contributed by atoms with Crippen molar-refractivity contribution in [3.8, 4) is 5.75 Å². The Bertz CT molecular complexity index is 524. The Morgan fingerprint density at radius 1 is 1.17 bits per heavy atom. The van der Waals surface area contributed by atoms with Crippen molar-refractivity contribution in [3.63, 3.8) is 0 Å². The summed E-state index contributed by atoms with van der Waals surface area (Å²) in [7, 11) is 0. The van der Waals surface area contributed by atoms with Crippen LogP contribution in [0.3, 0.4) is 0 Å². The zero-order valence-corrected chi connectivity index (χ0v) is 10.7. The number of ether oxygens (including phenoxy) is 1. The minimum atomic E-state index is -0.0131. The Morgan fingerprint density at radius 3 is 2.56 bits per heavy atom. The van der Waals surface area contributed by atoms with Gasteiger partial charge in [-0.1, -0.05) is 30.3 Å². The normalized spacial score (nSPS) is 10.4. The monoisotopic (exact) mass is 243 g/mol. The Labute approximate surface area is 107 Å². The van der Waals surface area contributed by atoms with Crippen LogP contribution in [0.4, 0.5) is 0 Å². The van der Waals surface area contributed by atoms with Crippen molar-refractivity contribution in [2.24, 2.45) is 0 Å². The molecular weight excluding hydrogens is 226 g/mol. The molecule has 3 nitrogen and oxygen atoms in total. The molecule has 1 aromatic carbocycles. The number of rotatable bonds is 4. The molecule has 0 aliphatic carbocycles. The van der Waals surface area contributed by atoms with Gasteiger partial charge >= 0.3 is 0 Å². The summed E-state index contributed by atoms with van der Waals surface area (Å²) in [6.07, 6.45) is 1.69. The molecule has 0 spiro atoms. The summed E-state index contributed by atoms with van der Waals surface area (Å²) < 4.78 is 5.82. The van der Waals surface area contributed by atoms with Crippen LogP contribution in [0, 0.1) is 13.8 Å². The topological polar surface area (TPSA) is 42.4 Å². The number of hydrogen-bond acceptors (Lipinski definition) is 3. The average molecular weight is 243 g/mol. The summed E-state index contributed by atoms with van der Waals surface area (Å²) in [6.45, 7) is 4.36. The Kier molecular flexibility index (Phi) is 3.95. The number of aliphatic hydroxyl groups excluding tert-OH is 1. The van der Waals surface area contributed by atoms with Crippen molar-refractivity contribution in [1.29, 1.82) is 0 Å². The molecule has 0 unspecified atom stereocenters. The lowest BCUT2D eigenvalue weighted by atomic mass is 10.1. The van der Waals surface area contributed by atoms with Crippen LogP contribution in [0.5, 0.6) is 5.75 Å². The quantitative estimate of drug-likeness (QED) is 0.897. The van der Waals surface area contributed by atoms with Crippen LogP contribution >= 0.6 is 0 Å². The van der Waals surface area contributed by atoms with Crippen LogP contribution in [0.15, 0.2) is 36.5 Å². The summed E-state index contributed by atoms with van der Waals surface area (Å²) in [6, 6.07) is 10.00. The molecular formula is C15H17NO2. The third-order valence-electron chi connectivity index (χ3n) is 2.96. The second-order valence-electron chi connectivity index (χ2n) is 4.26. The number of aryl methyl sites for hydroxylation is 1. The molecule has 0 aliphatic rings. The predicted octanol–water partition coefficient (Wildman–Crippen LogP) is 2.77. The molecule has 0 radical (unpaired) electrons. The van der Waals surface area contributed by atoms with E-state index in [4.69, 9.17) is 4.74 Å². The first-order valence-electron chi connectivity index (χ1n) is 5.95. The molecule has 18 heavy (non-hydrogen) atoms. The molecule has 1 aromatic heterocycles. The van der Waals surface area contributed by atoms with E-state index in [0.29, 0.717) is 6.61 Å². The highest BCUT2D eigenvalue weighted by Crippen LogP contribution is 2.25. The summed E-state index contributed by atoms with van der Waals surface area (Å²) in [5.41, 5.74) is 3.73. The van der Waals surface area contributed by atoms with E-state index in [0.717, 1.165) is 28.1 Å². The molecule has 0 bridgehead atoms. The van der Waals surface area contributed by atoms with Crippen LogP contribution < -0.4 is 4.74 Å². The predicted molar refractivity (Wildman–Crippen MR) is 70.4 cm³/mol. The number of hydrogen-bond donors (Lipinski definition) is 1. The second-order valence-corrected chi connectivity index (χ2v) is 4.26. The molecule has 94 valence electrons. The van der Waals surface area contributed by atoms with Crippen LogP contribution in [0.2, 0.25) is 0 Å². The van der Waals surface area contributed by atoms with E-state index in [-0.39, 0.29) is 6.61 Å². The largest absolute Gasteiger partial charge is 0.487 e. The van der Waals surface area contributed by atoms with Crippen LogP contribution in [0.1, 0.15) is 22.4 Å². The lowest BCUT2D eigenvalue weighted by Crippen LogP contribution is -2.03. The van der Waals surface area contributed by atoms with Gasteiger partial charge in [0.05, 0.1) is 12.3 Å². The highest BCUT2D eigenvalue weighted by Gasteiger charge is 2.09. The Balaban J connectivity index is 2.19. The molecule has 0 atom stereocenters. The zero-order valence-electron chi connectivity index (χ0n) is 10.7. The highest BCUT2D eigenvalue weighted by molar-refractivity contribution is 5.40. The summed E-state index contributed by atoms with van der Waals surface area (Å²) in [4.78, 5) is 4.24. The van der Waals surface area contributed by atoms with Crippen molar-refractivity contribution in [2.45, 2.75) is 27.1 Å².